The van der Waals surface area contributed by atoms with E-state index in [9.17, 15) is 14.4 Å². The van der Waals surface area contributed by atoms with Gasteiger partial charge in [0, 0.05) is 30.4 Å². The summed E-state index contributed by atoms with van der Waals surface area (Å²) in [5, 5.41) is 8.11. The number of carbonyl (C=O) groups is 3. The lowest BCUT2D eigenvalue weighted by Gasteiger charge is -2.19. The molecule has 7 heteroatoms. The van der Waals surface area contributed by atoms with E-state index in [4.69, 9.17) is 4.74 Å². The third-order valence-electron chi connectivity index (χ3n) is 4.04. The number of carbonyl (C=O) groups excluding carboxylic acids is 3. The van der Waals surface area contributed by atoms with E-state index in [2.05, 4.69) is 16.0 Å². The molecule has 0 spiro atoms. The molecule has 2 rings (SSSR count). The lowest BCUT2D eigenvalue weighted by atomic mass is 10.2. The minimum absolute atomic E-state index is 0.123. The number of hydrogen-bond acceptors (Lipinski definition) is 4. The quantitative estimate of drug-likeness (QED) is 0.643. The first-order chi connectivity index (χ1) is 13.2. The van der Waals surface area contributed by atoms with E-state index in [0.717, 1.165) is 25.7 Å². The summed E-state index contributed by atoms with van der Waals surface area (Å²) in [7, 11) is 0. The van der Waals surface area contributed by atoms with E-state index < -0.39 is 11.7 Å². The fraction of sp³-hybridized carbons (Fsp3) is 0.476. The Bertz CT molecular complexity index is 725. The van der Waals surface area contributed by atoms with Gasteiger partial charge in [-0.3, -0.25) is 9.59 Å². The average Bonchev–Trinajstić information content (AvgIpc) is 3.07. The van der Waals surface area contributed by atoms with Crippen LogP contribution < -0.4 is 16.0 Å². The molecule has 152 valence electrons. The lowest BCUT2D eigenvalue weighted by molar-refractivity contribution is -0.116. The number of hydrogen-bond donors (Lipinski definition) is 3. The summed E-state index contributed by atoms with van der Waals surface area (Å²) in [5.74, 6) is -0.347. The molecule has 0 aliphatic heterocycles. The van der Waals surface area contributed by atoms with Gasteiger partial charge in [-0.05, 0) is 70.7 Å². The maximum Gasteiger partial charge on any atom is 0.407 e. The molecular formula is C21H29N3O4. The lowest BCUT2D eigenvalue weighted by Crippen LogP contribution is -2.34. The van der Waals surface area contributed by atoms with Crippen LogP contribution in [0.3, 0.4) is 0 Å². The van der Waals surface area contributed by atoms with E-state index in [1.807, 2.05) is 0 Å². The maximum atomic E-state index is 12.0. The number of anilines is 2. The average molecular weight is 387 g/mol. The molecule has 1 aromatic rings. The zero-order valence-electron chi connectivity index (χ0n) is 16.8. The largest absolute Gasteiger partial charge is 0.444 e. The molecule has 1 aliphatic carbocycles. The molecular weight excluding hydrogens is 358 g/mol. The van der Waals surface area contributed by atoms with Crippen LogP contribution in [0.4, 0.5) is 16.2 Å². The predicted molar refractivity (Wildman–Crippen MR) is 109 cm³/mol. The molecule has 0 saturated heterocycles. The molecule has 0 radical (unpaired) electrons. The van der Waals surface area contributed by atoms with E-state index in [-0.39, 0.29) is 24.8 Å². The molecule has 0 bridgehead atoms. The van der Waals surface area contributed by atoms with Crippen LogP contribution in [0.2, 0.25) is 0 Å². The third-order valence-corrected chi connectivity index (χ3v) is 4.04. The maximum absolute atomic E-state index is 12.0. The van der Waals surface area contributed by atoms with Crippen molar-refractivity contribution in [1.82, 2.24) is 5.32 Å². The van der Waals surface area contributed by atoms with Crippen LogP contribution >= 0.6 is 0 Å². The zero-order chi connectivity index (χ0) is 20.6. The Morgan fingerprint density at radius 2 is 1.57 bits per heavy atom. The first kappa shape index (κ1) is 21.5. The van der Waals surface area contributed by atoms with Crippen molar-refractivity contribution < 1.29 is 19.1 Å². The highest BCUT2D eigenvalue weighted by Gasteiger charge is 2.16. The summed E-state index contributed by atoms with van der Waals surface area (Å²) >= 11 is 0. The summed E-state index contributed by atoms with van der Waals surface area (Å²) in [5.41, 5.74) is 1.91. The zero-order valence-corrected chi connectivity index (χ0v) is 16.8. The fourth-order valence-electron chi connectivity index (χ4n) is 2.79. The normalized spacial score (nSPS) is 13.6. The first-order valence-corrected chi connectivity index (χ1v) is 9.58. The molecule has 1 aliphatic rings. The summed E-state index contributed by atoms with van der Waals surface area (Å²) in [6.45, 7) is 5.51. The van der Waals surface area contributed by atoms with Crippen LogP contribution in [0.5, 0.6) is 0 Å². The van der Waals surface area contributed by atoms with Gasteiger partial charge in [0.25, 0.3) is 0 Å². The van der Waals surface area contributed by atoms with Crippen molar-refractivity contribution in [1.29, 1.82) is 0 Å². The van der Waals surface area contributed by atoms with Crippen LogP contribution in [0.1, 0.15) is 52.9 Å². The van der Waals surface area contributed by atoms with Gasteiger partial charge in [0.2, 0.25) is 11.8 Å². The van der Waals surface area contributed by atoms with E-state index >= 15 is 0 Å². The third kappa shape index (κ3) is 8.24. The van der Waals surface area contributed by atoms with Crippen LogP contribution in [0.25, 0.3) is 0 Å². The van der Waals surface area contributed by atoms with E-state index in [0.29, 0.717) is 11.4 Å². The second-order valence-electron chi connectivity index (χ2n) is 7.80. The van der Waals surface area contributed by atoms with Gasteiger partial charge in [-0.2, -0.15) is 0 Å². The number of rotatable bonds is 6. The van der Waals surface area contributed by atoms with Crippen molar-refractivity contribution in [2.24, 2.45) is 0 Å². The minimum atomic E-state index is -0.572. The highest BCUT2D eigenvalue weighted by Crippen LogP contribution is 2.23. The number of amides is 3. The molecule has 7 nitrogen and oxygen atoms in total. The highest BCUT2D eigenvalue weighted by molar-refractivity contribution is 6.00. The molecule has 0 aromatic heterocycles. The minimum Gasteiger partial charge on any atom is -0.444 e. The topological polar surface area (TPSA) is 96.5 Å². The Morgan fingerprint density at radius 1 is 1.00 bits per heavy atom. The van der Waals surface area contributed by atoms with Gasteiger partial charge >= 0.3 is 6.09 Å². The molecule has 1 saturated carbocycles. The van der Waals surface area contributed by atoms with Gasteiger partial charge < -0.3 is 20.7 Å². The standard InChI is InChI=1S/C21H29N3O4/c1-21(2,3)28-20(27)22-13-12-18(25)23-16-8-10-17(11-9-16)24-19(26)14-15-6-4-5-7-15/h8-11,14H,4-7,12-13H2,1-3H3,(H,22,27)(H,23,25)(H,24,26). The van der Waals surface area contributed by atoms with Crippen molar-refractivity contribution in [3.8, 4) is 0 Å². The number of benzene rings is 1. The predicted octanol–water partition coefficient (Wildman–Crippen LogP) is 3.98. The molecule has 3 N–H and O–H groups in total. The molecule has 28 heavy (non-hydrogen) atoms. The molecule has 0 atom stereocenters. The van der Waals surface area contributed by atoms with Crippen LogP contribution in [-0.2, 0) is 14.3 Å². The van der Waals surface area contributed by atoms with Gasteiger partial charge in [-0.15, -0.1) is 0 Å². The second kappa shape index (κ2) is 9.92. The van der Waals surface area contributed by atoms with Crippen molar-refractivity contribution in [3.05, 3.63) is 35.9 Å². The van der Waals surface area contributed by atoms with Crippen LogP contribution in [0.15, 0.2) is 35.9 Å². The summed E-state index contributed by atoms with van der Waals surface area (Å²) in [6, 6.07) is 6.91. The second-order valence-corrected chi connectivity index (χ2v) is 7.80. The molecule has 3 amide bonds. The smallest absolute Gasteiger partial charge is 0.407 e. The van der Waals surface area contributed by atoms with Crippen molar-refractivity contribution in [2.45, 2.75) is 58.5 Å². The summed E-state index contributed by atoms with van der Waals surface area (Å²) < 4.78 is 5.10. The van der Waals surface area contributed by atoms with E-state index in [1.54, 1.807) is 51.1 Å². The van der Waals surface area contributed by atoms with Gasteiger partial charge in [0.1, 0.15) is 5.60 Å². The van der Waals surface area contributed by atoms with Gasteiger partial charge in [-0.1, -0.05) is 5.57 Å². The van der Waals surface area contributed by atoms with E-state index in [1.165, 1.54) is 5.57 Å². The molecule has 1 aromatic carbocycles. The van der Waals surface area contributed by atoms with Crippen molar-refractivity contribution >= 4 is 29.3 Å². The Morgan fingerprint density at radius 3 is 2.14 bits per heavy atom. The number of allylic oxidation sites excluding steroid dienone is 1. The van der Waals surface area contributed by atoms with Crippen molar-refractivity contribution in [2.75, 3.05) is 17.2 Å². The van der Waals surface area contributed by atoms with Gasteiger partial charge in [-0.25, -0.2) is 4.79 Å². The molecule has 0 unspecified atom stereocenters. The number of alkyl carbamates (subject to hydrolysis) is 1. The van der Waals surface area contributed by atoms with Crippen LogP contribution in [-0.4, -0.2) is 30.1 Å². The summed E-state index contributed by atoms with van der Waals surface area (Å²) in [6.07, 6.45) is 5.57. The van der Waals surface area contributed by atoms with Crippen molar-refractivity contribution in [3.63, 3.8) is 0 Å². The first-order valence-electron chi connectivity index (χ1n) is 9.58. The monoisotopic (exact) mass is 387 g/mol. The summed E-state index contributed by atoms with van der Waals surface area (Å²) in [4.78, 5) is 35.5. The van der Waals surface area contributed by atoms with Crippen LogP contribution in [0, 0.1) is 0 Å². The molecule has 1 fully saturated rings. The molecule has 0 heterocycles. The fourth-order valence-corrected chi connectivity index (χ4v) is 2.79. The number of nitrogens with one attached hydrogen (secondary N) is 3. The Labute approximate surface area is 165 Å². The Kier molecular flexibility index (Phi) is 7.61. The van der Waals surface area contributed by atoms with Gasteiger partial charge in [0.15, 0.2) is 0 Å². The SMILES string of the molecule is CC(C)(C)OC(=O)NCCC(=O)Nc1ccc(NC(=O)C=C2CCCC2)cc1. The van der Waals surface area contributed by atoms with Gasteiger partial charge in [0.05, 0.1) is 0 Å². The Balaban J connectivity index is 1.72. The Hall–Kier alpha value is -2.83. The highest BCUT2D eigenvalue weighted by atomic mass is 16.6. The number of ether oxygens (including phenoxy) is 1.